The number of hydrogen-bond donors (Lipinski definition) is 2. The van der Waals surface area contributed by atoms with Crippen LogP contribution in [0.1, 0.15) is 68.9 Å². The van der Waals surface area contributed by atoms with E-state index in [-0.39, 0.29) is 50.8 Å². The zero-order valence-corrected chi connectivity index (χ0v) is 30.1. The zero-order valence-electron chi connectivity index (χ0n) is 30.1. The SMILES string of the molecule is C=CCOc1ccc2c(c1)[C@H]1[C@H](CCCCO)[C@@H](CCCCO)C=C3C(=NOCc4ccccc4)C[C@H](N(C)C(=O)OCC)[C@@](OCC=C)(O2)[C@H]31. The van der Waals surface area contributed by atoms with Gasteiger partial charge in [-0.25, -0.2) is 4.79 Å². The summed E-state index contributed by atoms with van der Waals surface area (Å²) in [5, 5.41) is 24.4. The van der Waals surface area contributed by atoms with E-state index in [1.807, 2.05) is 42.5 Å². The summed E-state index contributed by atoms with van der Waals surface area (Å²) < 4.78 is 25.6. The van der Waals surface area contributed by atoms with Gasteiger partial charge in [-0.2, -0.15) is 0 Å². The predicted octanol–water partition coefficient (Wildman–Crippen LogP) is 7.17. The standard InChI is InChI=1S/C41H54N2O8/c1-5-23-48-31-19-20-36-34(26-31)38-32(18-12-14-22-45)30(17-11-13-21-44)25-33-35(42-50-28-29-15-9-8-10-16-29)27-37(43(4)40(46)47-7-3)41(51-36,39(33)38)49-24-6-2/h5-6,8-10,15-16,19-20,25-26,30,32,37-39,44-45H,1-2,7,11-14,17-18,21-24,27-28H2,3-4H3/t30-,32+,37-,38+,39+,41+/m0/s1. The zero-order chi connectivity index (χ0) is 36.2. The fourth-order valence-corrected chi connectivity index (χ4v) is 8.08. The van der Waals surface area contributed by atoms with E-state index in [4.69, 9.17) is 28.9 Å². The Kier molecular flexibility index (Phi) is 13.7. The maximum absolute atomic E-state index is 13.5. The van der Waals surface area contributed by atoms with Gasteiger partial charge in [0.05, 0.1) is 24.8 Å². The molecule has 1 aliphatic heterocycles. The second kappa shape index (κ2) is 18.4. The molecule has 10 nitrogen and oxygen atoms in total. The van der Waals surface area contributed by atoms with E-state index in [1.165, 1.54) is 0 Å². The van der Waals surface area contributed by atoms with Crippen LogP contribution in [0.25, 0.3) is 0 Å². The third-order valence-corrected chi connectivity index (χ3v) is 10.3. The Morgan fingerprint density at radius 2 is 1.78 bits per heavy atom. The molecule has 3 aliphatic rings. The molecule has 276 valence electrons. The number of carbonyl (C=O) groups excluding carboxylic acids is 1. The van der Waals surface area contributed by atoms with Crippen molar-refractivity contribution in [1.29, 1.82) is 0 Å². The average Bonchev–Trinajstić information content (AvgIpc) is 3.15. The Morgan fingerprint density at radius 1 is 1.04 bits per heavy atom. The summed E-state index contributed by atoms with van der Waals surface area (Å²) in [5.74, 6) is -0.250. The van der Waals surface area contributed by atoms with E-state index in [1.54, 1.807) is 31.0 Å². The predicted molar refractivity (Wildman–Crippen MR) is 197 cm³/mol. The van der Waals surface area contributed by atoms with Crippen LogP contribution < -0.4 is 9.47 Å². The van der Waals surface area contributed by atoms with E-state index in [9.17, 15) is 15.0 Å². The van der Waals surface area contributed by atoms with Gasteiger partial charge in [0.25, 0.3) is 0 Å². The van der Waals surface area contributed by atoms with Gasteiger partial charge in [-0.05, 0) is 73.8 Å². The molecule has 10 heteroatoms. The summed E-state index contributed by atoms with van der Waals surface area (Å²) in [5.41, 5.74) is 3.69. The number of ether oxygens (including phenoxy) is 4. The number of aliphatic hydroxyl groups excluding tert-OH is 2. The van der Waals surface area contributed by atoms with Crippen LogP contribution in [0.2, 0.25) is 0 Å². The van der Waals surface area contributed by atoms with Crippen molar-refractivity contribution < 1.29 is 38.8 Å². The van der Waals surface area contributed by atoms with E-state index in [0.29, 0.717) is 37.4 Å². The number of hydrogen-bond acceptors (Lipinski definition) is 9. The lowest BCUT2D eigenvalue weighted by Gasteiger charge is -2.59. The molecule has 0 spiro atoms. The summed E-state index contributed by atoms with van der Waals surface area (Å²) in [4.78, 5) is 21.2. The molecule has 0 saturated heterocycles. The van der Waals surface area contributed by atoms with Crippen LogP contribution in [0.15, 0.2) is 90.6 Å². The van der Waals surface area contributed by atoms with Crippen molar-refractivity contribution in [3.8, 4) is 11.5 Å². The van der Waals surface area contributed by atoms with Crippen LogP contribution >= 0.6 is 0 Å². The normalized spacial score (nSPS) is 25.5. The molecule has 0 bridgehead atoms. The van der Waals surface area contributed by atoms with E-state index in [2.05, 4.69) is 25.3 Å². The molecule has 1 saturated carbocycles. The average molecular weight is 703 g/mol. The van der Waals surface area contributed by atoms with Gasteiger partial charge in [0.2, 0.25) is 5.79 Å². The lowest BCUT2D eigenvalue weighted by molar-refractivity contribution is -0.253. The maximum Gasteiger partial charge on any atom is 0.409 e. The molecule has 6 atom stereocenters. The minimum absolute atomic E-state index is 0.116. The van der Waals surface area contributed by atoms with Crippen molar-refractivity contribution in [1.82, 2.24) is 4.90 Å². The van der Waals surface area contributed by atoms with Gasteiger partial charge in [-0.15, -0.1) is 6.58 Å². The topological polar surface area (TPSA) is 119 Å². The Hall–Kier alpha value is -4.12. The number of allylic oxidation sites excluding steroid dienone is 1. The van der Waals surface area contributed by atoms with Crippen LogP contribution in [0.3, 0.4) is 0 Å². The molecule has 0 unspecified atom stereocenters. The molecule has 0 aromatic heterocycles. The van der Waals surface area contributed by atoms with Crippen molar-refractivity contribution in [2.45, 2.75) is 76.2 Å². The fraction of sp³-hybridized carbons (Fsp3) is 0.512. The summed E-state index contributed by atoms with van der Waals surface area (Å²) in [7, 11) is 1.72. The number of unbranched alkanes of at least 4 members (excludes halogenated alkanes) is 2. The maximum atomic E-state index is 13.5. The van der Waals surface area contributed by atoms with Gasteiger partial charge in [-0.3, -0.25) is 0 Å². The number of amides is 1. The van der Waals surface area contributed by atoms with Gasteiger partial charge in [0.1, 0.15) is 30.8 Å². The second-order valence-corrected chi connectivity index (χ2v) is 13.4. The number of likely N-dealkylation sites (N-methyl/N-ethyl adjacent to an activating group) is 1. The van der Waals surface area contributed by atoms with Crippen LogP contribution in [-0.2, 0) is 20.9 Å². The Labute approximate surface area is 302 Å². The van der Waals surface area contributed by atoms with Crippen LogP contribution in [-0.4, -0.2) is 78.8 Å². The first-order chi connectivity index (χ1) is 24.9. The highest BCUT2D eigenvalue weighted by Crippen LogP contribution is 2.61. The van der Waals surface area contributed by atoms with Crippen molar-refractivity contribution in [3.05, 3.63) is 96.6 Å². The number of carbonyl (C=O) groups is 1. The third kappa shape index (κ3) is 8.51. The molecular weight excluding hydrogens is 648 g/mol. The molecule has 2 aliphatic carbocycles. The molecule has 5 rings (SSSR count). The van der Waals surface area contributed by atoms with E-state index in [0.717, 1.165) is 48.1 Å². The molecule has 2 aromatic carbocycles. The van der Waals surface area contributed by atoms with Crippen molar-refractivity contribution in [2.24, 2.45) is 22.9 Å². The number of fused-ring (bicyclic) bond motifs is 2. The Morgan fingerprint density at radius 3 is 2.49 bits per heavy atom. The molecular formula is C41H54N2O8. The van der Waals surface area contributed by atoms with E-state index >= 15 is 0 Å². The molecule has 2 aromatic rings. The molecule has 2 N–H and O–H groups in total. The van der Waals surface area contributed by atoms with Crippen molar-refractivity contribution in [3.63, 3.8) is 0 Å². The smallest absolute Gasteiger partial charge is 0.409 e. The largest absolute Gasteiger partial charge is 0.490 e. The van der Waals surface area contributed by atoms with Crippen LogP contribution in [0.4, 0.5) is 4.79 Å². The molecule has 1 amide bonds. The first-order valence-corrected chi connectivity index (χ1v) is 18.3. The van der Waals surface area contributed by atoms with Gasteiger partial charge >= 0.3 is 6.09 Å². The lowest BCUT2D eigenvalue weighted by Crippen LogP contribution is -2.69. The van der Waals surface area contributed by atoms with Crippen LogP contribution in [0.5, 0.6) is 11.5 Å². The number of rotatable bonds is 19. The van der Waals surface area contributed by atoms with Gasteiger partial charge in [0, 0.05) is 38.2 Å². The fourth-order valence-electron chi connectivity index (χ4n) is 8.08. The Bertz CT molecular complexity index is 1530. The summed E-state index contributed by atoms with van der Waals surface area (Å²) >= 11 is 0. The van der Waals surface area contributed by atoms with Crippen molar-refractivity contribution in [2.75, 3.05) is 40.1 Å². The Balaban J connectivity index is 1.73. The highest BCUT2D eigenvalue weighted by molar-refractivity contribution is 6.02. The summed E-state index contributed by atoms with van der Waals surface area (Å²) in [6.07, 6.45) is 10.3. The minimum Gasteiger partial charge on any atom is -0.490 e. The number of oxime groups is 1. The monoisotopic (exact) mass is 702 g/mol. The quantitative estimate of drug-likeness (QED) is 0.0899. The molecule has 0 radical (unpaired) electrons. The summed E-state index contributed by atoms with van der Waals surface area (Å²) in [6, 6.07) is 15.1. The highest BCUT2D eigenvalue weighted by Gasteiger charge is 2.65. The second-order valence-electron chi connectivity index (χ2n) is 13.4. The van der Waals surface area contributed by atoms with Crippen LogP contribution in [0, 0.1) is 17.8 Å². The third-order valence-electron chi connectivity index (χ3n) is 10.3. The van der Waals surface area contributed by atoms with Gasteiger partial charge < -0.3 is 38.9 Å². The number of aliphatic hydroxyl groups is 2. The molecule has 1 heterocycles. The van der Waals surface area contributed by atoms with Gasteiger partial charge in [0.15, 0.2) is 0 Å². The minimum atomic E-state index is -1.33. The van der Waals surface area contributed by atoms with Gasteiger partial charge in [-0.1, -0.05) is 73.1 Å². The first kappa shape index (κ1) is 38.1. The lowest BCUT2D eigenvalue weighted by atomic mass is 9.55. The molecule has 1 fully saturated rings. The first-order valence-electron chi connectivity index (χ1n) is 18.3. The summed E-state index contributed by atoms with van der Waals surface area (Å²) in [6.45, 7) is 10.9. The highest BCUT2D eigenvalue weighted by atomic mass is 16.7. The number of nitrogens with zero attached hydrogens (tertiary/aromatic N) is 2. The number of benzene rings is 2. The van der Waals surface area contributed by atoms with E-state index < -0.39 is 23.8 Å². The molecule has 51 heavy (non-hydrogen) atoms. The van der Waals surface area contributed by atoms with Crippen molar-refractivity contribution >= 4 is 11.8 Å².